The minimum absolute atomic E-state index is 0.0123. The number of rotatable bonds is 19. The minimum atomic E-state index is -0.158. The summed E-state index contributed by atoms with van der Waals surface area (Å²) in [7, 11) is 0. The van der Waals surface area contributed by atoms with Crippen LogP contribution < -0.4 is 5.32 Å². The average molecular weight is 495 g/mol. The fraction of sp³-hybridized carbons (Fsp3) is 0.897. The van der Waals surface area contributed by atoms with Crippen LogP contribution >= 0.6 is 12.2 Å². The first-order chi connectivity index (χ1) is 16.1. The standard InChI is InChI=1S/C29H54N2O2S/c1-7-10-13-14-15-20-29(6,19-12-9-3)27(34)30-21-16-17-22-31-25(32)23-24(26(31)33)28(4,5)18-11-8-2/h24H,7-23H2,1-6H3,(H,30,34). The lowest BCUT2D eigenvalue weighted by molar-refractivity contribution is -0.140. The molecule has 0 aromatic heterocycles. The van der Waals surface area contributed by atoms with Crippen molar-refractivity contribution in [2.75, 3.05) is 13.1 Å². The monoisotopic (exact) mass is 494 g/mol. The number of imide groups is 1. The van der Waals surface area contributed by atoms with Crippen molar-refractivity contribution in [1.82, 2.24) is 10.2 Å². The summed E-state index contributed by atoms with van der Waals surface area (Å²) in [6, 6.07) is 0. The fourth-order valence-corrected chi connectivity index (χ4v) is 5.49. The van der Waals surface area contributed by atoms with Gasteiger partial charge in [0.1, 0.15) is 0 Å². The topological polar surface area (TPSA) is 49.4 Å². The van der Waals surface area contributed by atoms with Gasteiger partial charge in [-0.15, -0.1) is 0 Å². The molecule has 0 aliphatic carbocycles. The van der Waals surface area contributed by atoms with Crippen LogP contribution in [-0.2, 0) is 9.59 Å². The van der Waals surface area contributed by atoms with E-state index in [0.29, 0.717) is 13.0 Å². The van der Waals surface area contributed by atoms with Crippen molar-refractivity contribution in [2.45, 2.75) is 138 Å². The quantitative estimate of drug-likeness (QED) is 0.113. The van der Waals surface area contributed by atoms with E-state index in [2.05, 4.69) is 46.9 Å². The maximum Gasteiger partial charge on any atom is 0.233 e. The molecule has 2 atom stereocenters. The highest BCUT2D eigenvalue weighted by Gasteiger charge is 2.45. The highest BCUT2D eigenvalue weighted by atomic mass is 32.1. The van der Waals surface area contributed by atoms with Gasteiger partial charge in [0.2, 0.25) is 11.8 Å². The summed E-state index contributed by atoms with van der Waals surface area (Å²) in [4.78, 5) is 28.0. The molecule has 4 nitrogen and oxygen atoms in total. The van der Waals surface area contributed by atoms with E-state index >= 15 is 0 Å². The van der Waals surface area contributed by atoms with Crippen LogP contribution in [0.15, 0.2) is 0 Å². The average Bonchev–Trinajstić information content (AvgIpc) is 3.10. The van der Waals surface area contributed by atoms with Gasteiger partial charge in [0.25, 0.3) is 0 Å². The van der Waals surface area contributed by atoms with Crippen molar-refractivity contribution in [1.29, 1.82) is 0 Å². The fourth-order valence-electron chi connectivity index (χ4n) is 5.18. The summed E-state index contributed by atoms with van der Waals surface area (Å²) >= 11 is 5.86. The molecule has 1 N–H and O–H groups in total. The molecule has 1 rings (SSSR count). The second-order valence-electron chi connectivity index (χ2n) is 11.5. The predicted octanol–water partition coefficient (Wildman–Crippen LogP) is 7.83. The highest BCUT2D eigenvalue weighted by molar-refractivity contribution is 7.80. The summed E-state index contributed by atoms with van der Waals surface area (Å²) in [6.07, 6.45) is 16.5. The lowest BCUT2D eigenvalue weighted by Gasteiger charge is -2.31. The van der Waals surface area contributed by atoms with E-state index in [1.165, 1.54) is 49.8 Å². The highest BCUT2D eigenvalue weighted by Crippen LogP contribution is 2.40. The smallest absolute Gasteiger partial charge is 0.233 e. The second kappa shape index (κ2) is 15.9. The van der Waals surface area contributed by atoms with Crippen LogP contribution in [0.2, 0.25) is 0 Å². The number of nitrogens with one attached hydrogen (secondary N) is 1. The Morgan fingerprint density at radius 3 is 2.09 bits per heavy atom. The first-order valence-corrected chi connectivity index (χ1v) is 14.7. The van der Waals surface area contributed by atoms with Crippen molar-refractivity contribution in [3.8, 4) is 0 Å². The van der Waals surface area contributed by atoms with Crippen LogP contribution in [0.1, 0.15) is 138 Å². The van der Waals surface area contributed by atoms with Gasteiger partial charge in [0, 0.05) is 24.9 Å². The summed E-state index contributed by atoms with van der Waals surface area (Å²) < 4.78 is 0. The summed E-state index contributed by atoms with van der Waals surface area (Å²) in [5, 5.41) is 3.53. The third-order valence-corrected chi connectivity index (χ3v) is 8.56. The van der Waals surface area contributed by atoms with Crippen LogP contribution in [-0.4, -0.2) is 34.8 Å². The lowest BCUT2D eigenvalue weighted by Crippen LogP contribution is -2.38. The molecule has 0 bridgehead atoms. The molecule has 198 valence electrons. The van der Waals surface area contributed by atoms with Crippen LogP contribution in [0.25, 0.3) is 0 Å². The molecule has 2 amide bonds. The first-order valence-electron chi connectivity index (χ1n) is 14.3. The van der Waals surface area contributed by atoms with Crippen LogP contribution in [0, 0.1) is 16.7 Å². The number of carbonyl (C=O) groups excluding carboxylic acids is 2. The van der Waals surface area contributed by atoms with E-state index in [9.17, 15) is 9.59 Å². The molecular weight excluding hydrogens is 440 g/mol. The third-order valence-electron chi connectivity index (χ3n) is 7.92. The molecule has 1 fully saturated rings. The molecule has 5 heteroatoms. The Labute approximate surface area is 216 Å². The van der Waals surface area contributed by atoms with Crippen molar-refractivity contribution in [3.63, 3.8) is 0 Å². The first kappa shape index (κ1) is 31.1. The summed E-state index contributed by atoms with van der Waals surface area (Å²) in [6.45, 7) is 14.7. The maximum atomic E-state index is 13.0. The number of unbranched alkanes of at least 4 members (excludes halogenated alkanes) is 7. The Morgan fingerprint density at radius 1 is 0.853 bits per heavy atom. The van der Waals surface area contributed by atoms with Gasteiger partial charge in [0.05, 0.1) is 10.9 Å². The largest absolute Gasteiger partial charge is 0.379 e. The van der Waals surface area contributed by atoms with Gasteiger partial charge >= 0.3 is 0 Å². The molecule has 1 heterocycles. The van der Waals surface area contributed by atoms with Gasteiger partial charge in [0.15, 0.2) is 0 Å². The normalized spacial score (nSPS) is 18.4. The number of thiocarbonyl (C=S) groups is 1. The zero-order valence-corrected chi connectivity index (χ0v) is 24.1. The number of likely N-dealkylation sites (tertiary alicyclic amines) is 1. The number of hydrogen-bond acceptors (Lipinski definition) is 3. The lowest BCUT2D eigenvalue weighted by atomic mass is 9.74. The van der Waals surface area contributed by atoms with Crippen molar-refractivity contribution in [2.24, 2.45) is 16.7 Å². The molecule has 2 unspecified atom stereocenters. The van der Waals surface area contributed by atoms with Crippen molar-refractivity contribution < 1.29 is 9.59 Å². The number of amides is 2. The van der Waals surface area contributed by atoms with Crippen LogP contribution in [0.3, 0.4) is 0 Å². The van der Waals surface area contributed by atoms with Gasteiger partial charge in [-0.25, -0.2) is 0 Å². The van der Waals surface area contributed by atoms with Crippen molar-refractivity contribution >= 4 is 29.0 Å². The second-order valence-corrected chi connectivity index (χ2v) is 11.9. The van der Waals surface area contributed by atoms with Gasteiger partial charge in [-0.1, -0.05) is 112 Å². The number of hydrogen-bond donors (Lipinski definition) is 1. The van der Waals surface area contributed by atoms with Crippen LogP contribution in [0.5, 0.6) is 0 Å². The maximum absolute atomic E-state index is 13.0. The Bertz CT molecular complexity index is 634. The molecule has 1 aliphatic heterocycles. The predicted molar refractivity (Wildman–Crippen MR) is 149 cm³/mol. The zero-order chi connectivity index (χ0) is 25.6. The van der Waals surface area contributed by atoms with Crippen molar-refractivity contribution in [3.05, 3.63) is 0 Å². The Balaban J connectivity index is 2.46. The molecule has 34 heavy (non-hydrogen) atoms. The van der Waals surface area contributed by atoms with E-state index in [1.54, 1.807) is 0 Å². The number of carbonyl (C=O) groups is 2. The van der Waals surface area contributed by atoms with Gasteiger partial charge in [-0.2, -0.15) is 0 Å². The molecule has 0 radical (unpaired) electrons. The van der Waals surface area contributed by atoms with Gasteiger partial charge in [-0.3, -0.25) is 14.5 Å². The SMILES string of the molecule is CCCCCCCC(C)(CCCC)C(=S)NCCCCN1C(=O)CC(C(C)(C)CCCC)C1=O. The van der Waals surface area contributed by atoms with E-state index in [0.717, 1.165) is 56.5 Å². The van der Waals surface area contributed by atoms with E-state index < -0.39 is 0 Å². The molecule has 0 aromatic rings. The number of nitrogens with zero attached hydrogens (tertiary/aromatic N) is 1. The molecule has 0 aromatic carbocycles. The van der Waals surface area contributed by atoms with E-state index in [4.69, 9.17) is 12.2 Å². The third kappa shape index (κ3) is 9.95. The van der Waals surface area contributed by atoms with Crippen LogP contribution in [0.4, 0.5) is 0 Å². The summed E-state index contributed by atoms with van der Waals surface area (Å²) in [5.74, 6) is -0.100. The Morgan fingerprint density at radius 2 is 1.44 bits per heavy atom. The molecule has 1 saturated heterocycles. The van der Waals surface area contributed by atoms with Gasteiger partial charge in [-0.05, 0) is 37.5 Å². The Hall–Kier alpha value is -0.970. The molecular formula is C29H54N2O2S. The molecule has 0 spiro atoms. The minimum Gasteiger partial charge on any atom is -0.379 e. The molecule has 0 saturated carbocycles. The zero-order valence-electron chi connectivity index (χ0n) is 23.3. The molecule has 1 aliphatic rings. The van der Waals surface area contributed by atoms with E-state index in [1.807, 2.05) is 0 Å². The Kier molecular flexibility index (Phi) is 14.5. The van der Waals surface area contributed by atoms with Gasteiger partial charge < -0.3 is 5.32 Å². The summed E-state index contributed by atoms with van der Waals surface area (Å²) in [5.41, 5.74) is -0.0273. The van der Waals surface area contributed by atoms with E-state index in [-0.39, 0.29) is 28.6 Å².